The second-order valence-electron chi connectivity index (χ2n) is 5.01. The molecule has 1 fully saturated rings. The van der Waals surface area contributed by atoms with Gasteiger partial charge >= 0.3 is 0 Å². The first-order valence-electron chi connectivity index (χ1n) is 7.08. The molecule has 0 N–H and O–H groups in total. The third-order valence-corrected chi connectivity index (χ3v) is 3.67. The van der Waals surface area contributed by atoms with E-state index in [4.69, 9.17) is 4.74 Å². The highest BCUT2D eigenvalue weighted by atomic mass is 16.5. The van der Waals surface area contributed by atoms with Crippen LogP contribution >= 0.6 is 0 Å². The highest BCUT2D eigenvalue weighted by molar-refractivity contribution is 5.48. The molecule has 21 heavy (non-hydrogen) atoms. The molecule has 3 rings (SSSR count). The molecular weight excluding hydrogens is 266 g/mol. The molecule has 1 aliphatic heterocycles. The quantitative estimate of drug-likeness (QED) is 0.841. The summed E-state index contributed by atoms with van der Waals surface area (Å²) in [5.41, 5.74) is 1.30. The Morgan fingerprint density at radius 2 is 1.71 bits per heavy atom. The number of hydrogen-bond donors (Lipinski definition) is 0. The van der Waals surface area contributed by atoms with Crippen LogP contribution in [0.1, 0.15) is 5.56 Å². The number of pyridine rings is 1. The van der Waals surface area contributed by atoms with E-state index < -0.39 is 0 Å². The molecule has 3 heterocycles. The van der Waals surface area contributed by atoms with Crippen LogP contribution < -0.4 is 9.64 Å². The SMILES string of the molecule is COc1nccnc1N1CCN(Cc2ccncc2)CC1. The van der Waals surface area contributed by atoms with Crippen LogP contribution in [0.15, 0.2) is 36.9 Å². The Morgan fingerprint density at radius 3 is 2.43 bits per heavy atom. The number of piperazine rings is 1. The molecule has 0 aliphatic carbocycles. The first kappa shape index (κ1) is 13.8. The molecule has 0 amide bonds. The van der Waals surface area contributed by atoms with Crippen LogP contribution in [-0.4, -0.2) is 53.1 Å². The van der Waals surface area contributed by atoms with Crippen LogP contribution in [0.5, 0.6) is 5.88 Å². The highest BCUT2D eigenvalue weighted by Gasteiger charge is 2.21. The fourth-order valence-electron chi connectivity index (χ4n) is 2.54. The van der Waals surface area contributed by atoms with Crippen molar-refractivity contribution in [3.8, 4) is 5.88 Å². The van der Waals surface area contributed by atoms with Crippen LogP contribution in [-0.2, 0) is 6.54 Å². The van der Waals surface area contributed by atoms with Gasteiger partial charge < -0.3 is 9.64 Å². The molecule has 2 aromatic rings. The Hall–Kier alpha value is -2.21. The number of aromatic nitrogens is 3. The lowest BCUT2D eigenvalue weighted by Gasteiger charge is -2.35. The molecule has 0 aromatic carbocycles. The third kappa shape index (κ3) is 3.28. The zero-order valence-corrected chi connectivity index (χ0v) is 12.1. The molecule has 0 radical (unpaired) electrons. The summed E-state index contributed by atoms with van der Waals surface area (Å²) in [7, 11) is 1.63. The maximum absolute atomic E-state index is 5.29. The van der Waals surface area contributed by atoms with Gasteiger partial charge in [-0.25, -0.2) is 9.97 Å². The van der Waals surface area contributed by atoms with Crippen LogP contribution in [0.25, 0.3) is 0 Å². The monoisotopic (exact) mass is 285 g/mol. The van der Waals surface area contributed by atoms with Gasteiger partial charge in [-0.1, -0.05) is 0 Å². The van der Waals surface area contributed by atoms with Crippen molar-refractivity contribution in [1.29, 1.82) is 0 Å². The van der Waals surface area contributed by atoms with Gasteiger partial charge in [0.15, 0.2) is 5.82 Å². The number of anilines is 1. The first-order valence-corrected chi connectivity index (χ1v) is 7.08. The standard InChI is InChI=1S/C15H19N5O/c1-21-15-14(17-6-7-18-15)20-10-8-19(9-11-20)12-13-2-4-16-5-3-13/h2-7H,8-12H2,1H3. The van der Waals surface area contributed by atoms with Gasteiger partial charge in [0.25, 0.3) is 5.88 Å². The maximum atomic E-state index is 5.29. The summed E-state index contributed by atoms with van der Waals surface area (Å²) in [4.78, 5) is 17.3. The molecule has 0 saturated carbocycles. The molecule has 6 nitrogen and oxygen atoms in total. The summed E-state index contributed by atoms with van der Waals surface area (Å²) in [6.07, 6.45) is 7.05. The van der Waals surface area contributed by atoms with Crippen molar-refractivity contribution < 1.29 is 4.74 Å². The van der Waals surface area contributed by atoms with Gasteiger partial charge in [0.1, 0.15) is 0 Å². The van der Waals surface area contributed by atoms with Crippen molar-refractivity contribution >= 4 is 5.82 Å². The van der Waals surface area contributed by atoms with Crippen molar-refractivity contribution in [2.24, 2.45) is 0 Å². The number of ether oxygens (including phenoxy) is 1. The minimum absolute atomic E-state index is 0.597. The number of methoxy groups -OCH3 is 1. The van der Waals surface area contributed by atoms with Gasteiger partial charge in [0.05, 0.1) is 7.11 Å². The van der Waals surface area contributed by atoms with E-state index in [9.17, 15) is 0 Å². The lowest BCUT2D eigenvalue weighted by Crippen LogP contribution is -2.46. The topological polar surface area (TPSA) is 54.4 Å². The molecule has 0 spiro atoms. The Morgan fingerprint density at radius 1 is 1.00 bits per heavy atom. The van der Waals surface area contributed by atoms with Gasteiger partial charge in [-0.2, -0.15) is 0 Å². The third-order valence-electron chi connectivity index (χ3n) is 3.67. The summed E-state index contributed by atoms with van der Waals surface area (Å²) >= 11 is 0. The second kappa shape index (κ2) is 6.49. The highest BCUT2D eigenvalue weighted by Crippen LogP contribution is 2.23. The Bertz CT molecular complexity index is 569. The number of rotatable bonds is 4. The second-order valence-corrected chi connectivity index (χ2v) is 5.01. The van der Waals surface area contributed by atoms with E-state index in [1.807, 2.05) is 12.4 Å². The number of hydrogen-bond acceptors (Lipinski definition) is 6. The summed E-state index contributed by atoms with van der Waals surface area (Å²) < 4.78 is 5.29. The average molecular weight is 285 g/mol. The zero-order chi connectivity index (χ0) is 14.5. The normalized spacial score (nSPS) is 16.0. The molecule has 1 aliphatic rings. The zero-order valence-electron chi connectivity index (χ0n) is 12.1. The molecule has 0 unspecified atom stereocenters. The minimum Gasteiger partial charge on any atom is -0.478 e. The summed E-state index contributed by atoms with van der Waals surface area (Å²) in [6.45, 7) is 4.83. The van der Waals surface area contributed by atoms with Crippen molar-refractivity contribution in [1.82, 2.24) is 19.9 Å². The first-order chi connectivity index (χ1) is 10.4. The Labute approximate surface area is 124 Å². The predicted molar refractivity (Wildman–Crippen MR) is 80.3 cm³/mol. The van der Waals surface area contributed by atoms with E-state index in [0.29, 0.717) is 5.88 Å². The largest absolute Gasteiger partial charge is 0.478 e. The van der Waals surface area contributed by atoms with Gasteiger partial charge in [0, 0.05) is 57.5 Å². The molecule has 1 saturated heterocycles. The van der Waals surface area contributed by atoms with Crippen LogP contribution in [0, 0.1) is 0 Å². The molecule has 110 valence electrons. The summed E-state index contributed by atoms with van der Waals surface area (Å²) in [6, 6.07) is 4.14. The molecule has 0 atom stereocenters. The predicted octanol–water partition coefficient (Wildman–Crippen LogP) is 1.20. The van der Waals surface area contributed by atoms with E-state index in [0.717, 1.165) is 38.5 Å². The van der Waals surface area contributed by atoms with E-state index in [2.05, 4.69) is 36.9 Å². The minimum atomic E-state index is 0.597. The lowest BCUT2D eigenvalue weighted by molar-refractivity contribution is 0.248. The van der Waals surface area contributed by atoms with Crippen LogP contribution in [0.4, 0.5) is 5.82 Å². The molecule has 6 heteroatoms. The maximum Gasteiger partial charge on any atom is 0.257 e. The van der Waals surface area contributed by atoms with Crippen molar-refractivity contribution in [3.63, 3.8) is 0 Å². The lowest BCUT2D eigenvalue weighted by atomic mass is 10.2. The van der Waals surface area contributed by atoms with Gasteiger partial charge in [-0.15, -0.1) is 0 Å². The van der Waals surface area contributed by atoms with Gasteiger partial charge in [-0.3, -0.25) is 9.88 Å². The summed E-state index contributed by atoms with van der Waals surface area (Å²) in [5.74, 6) is 1.43. The fourth-order valence-corrected chi connectivity index (χ4v) is 2.54. The Balaban J connectivity index is 1.60. The number of nitrogens with zero attached hydrogens (tertiary/aromatic N) is 5. The average Bonchev–Trinajstić information content (AvgIpc) is 2.56. The molecular formula is C15H19N5O. The van der Waals surface area contributed by atoms with Gasteiger partial charge in [-0.05, 0) is 17.7 Å². The van der Waals surface area contributed by atoms with Crippen molar-refractivity contribution in [3.05, 3.63) is 42.5 Å². The van der Waals surface area contributed by atoms with Crippen molar-refractivity contribution in [2.45, 2.75) is 6.54 Å². The molecule has 2 aromatic heterocycles. The van der Waals surface area contributed by atoms with Crippen molar-refractivity contribution in [2.75, 3.05) is 38.2 Å². The smallest absolute Gasteiger partial charge is 0.257 e. The van der Waals surface area contributed by atoms with Crippen LogP contribution in [0.3, 0.4) is 0 Å². The Kier molecular flexibility index (Phi) is 4.25. The van der Waals surface area contributed by atoms with E-state index >= 15 is 0 Å². The van der Waals surface area contributed by atoms with Crippen LogP contribution in [0.2, 0.25) is 0 Å². The van der Waals surface area contributed by atoms with E-state index in [-0.39, 0.29) is 0 Å². The fraction of sp³-hybridized carbons (Fsp3) is 0.400. The molecule has 0 bridgehead atoms. The van der Waals surface area contributed by atoms with E-state index in [1.54, 1.807) is 19.5 Å². The van der Waals surface area contributed by atoms with Gasteiger partial charge in [0.2, 0.25) is 0 Å². The van der Waals surface area contributed by atoms with E-state index in [1.165, 1.54) is 5.56 Å². The summed E-state index contributed by atoms with van der Waals surface area (Å²) in [5, 5.41) is 0.